The van der Waals surface area contributed by atoms with E-state index in [1.165, 1.54) is 20.5 Å². The summed E-state index contributed by atoms with van der Waals surface area (Å²) in [6.07, 6.45) is 1.12. The molecule has 1 atom stereocenters. The van der Waals surface area contributed by atoms with Gasteiger partial charge in [0, 0.05) is 15.6 Å². The van der Waals surface area contributed by atoms with Crippen molar-refractivity contribution in [3.63, 3.8) is 0 Å². The molecule has 1 aromatic carbocycles. The van der Waals surface area contributed by atoms with Crippen LogP contribution in [0.5, 0.6) is 0 Å². The van der Waals surface area contributed by atoms with Crippen molar-refractivity contribution in [2.24, 2.45) is 0 Å². The highest BCUT2D eigenvalue weighted by Gasteiger charge is 2.05. The Morgan fingerprint density at radius 3 is 2.87 bits per heavy atom. The number of nitrogens with one attached hydrogen (secondary N) is 1. The van der Waals surface area contributed by atoms with Crippen LogP contribution in [0.25, 0.3) is 10.1 Å². The van der Waals surface area contributed by atoms with Crippen LogP contribution >= 0.6 is 11.3 Å². The maximum absolute atomic E-state index is 3.28. The molecule has 0 bridgehead atoms. The molecule has 2 aromatic rings. The molecular weight excluding hydrogens is 202 g/mol. The molecule has 0 saturated carbocycles. The lowest BCUT2D eigenvalue weighted by molar-refractivity contribution is 0.613. The van der Waals surface area contributed by atoms with Crippen molar-refractivity contribution in [2.45, 2.75) is 26.3 Å². The molecule has 0 aliphatic heterocycles. The fourth-order valence-electron chi connectivity index (χ4n) is 1.70. The maximum Gasteiger partial charge on any atom is 0.0348 e. The van der Waals surface area contributed by atoms with E-state index in [0.29, 0.717) is 6.04 Å². The van der Waals surface area contributed by atoms with Gasteiger partial charge in [0.25, 0.3) is 0 Å². The number of thiophene rings is 1. The zero-order chi connectivity index (χ0) is 10.8. The Bertz CT molecular complexity index is 459. The van der Waals surface area contributed by atoms with Gasteiger partial charge in [-0.25, -0.2) is 0 Å². The van der Waals surface area contributed by atoms with Gasteiger partial charge < -0.3 is 5.32 Å². The van der Waals surface area contributed by atoms with E-state index in [2.05, 4.69) is 43.4 Å². The number of hydrogen-bond acceptors (Lipinski definition) is 2. The molecule has 0 saturated heterocycles. The fourth-order valence-corrected chi connectivity index (χ4v) is 2.99. The third-order valence-electron chi connectivity index (χ3n) is 2.73. The number of benzene rings is 1. The van der Waals surface area contributed by atoms with Crippen LogP contribution in [0.2, 0.25) is 0 Å². The Labute approximate surface area is 95.1 Å². The van der Waals surface area contributed by atoms with Gasteiger partial charge in [-0.05, 0) is 50.4 Å². The van der Waals surface area contributed by atoms with Gasteiger partial charge in [-0.15, -0.1) is 11.3 Å². The quantitative estimate of drug-likeness (QED) is 0.834. The second-order valence-corrected chi connectivity index (χ2v) is 5.32. The molecule has 0 spiro atoms. The molecule has 1 aromatic heterocycles. The van der Waals surface area contributed by atoms with E-state index < -0.39 is 0 Å². The molecule has 0 fully saturated rings. The van der Waals surface area contributed by atoms with E-state index in [9.17, 15) is 0 Å². The molecule has 15 heavy (non-hydrogen) atoms. The summed E-state index contributed by atoms with van der Waals surface area (Å²) in [4.78, 5) is 1.47. The molecule has 2 heteroatoms. The summed E-state index contributed by atoms with van der Waals surface area (Å²) >= 11 is 1.92. The number of aryl methyl sites for hydroxylation is 1. The summed E-state index contributed by atoms with van der Waals surface area (Å²) in [5, 5.41) is 4.65. The molecule has 0 radical (unpaired) electrons. The van der Waals surface area contributed by atoms with Gasteiger partial charge in [0.2, 0.25) is 0 Å². The van der Waals surface area contributed by atoms with Crippen LogP contribution < -0.4 is 5.32 Å². The average Bonchev–Trinajstić information content (AvgIpc) is 2.59. The van der Waals surface area contributed by atoms with Gasteiger partial charge in [0.1, 0.15) is 0 Å². The molecule has 80 valence electrons. The first-order chi connectivity index (χ1) is 7.19. The van der Waals surface area contributed by atoms with E-state index >= 15 is 0 Å². The third-order valence-corrected chi connectivity index (χ3v) is 3.85. The second kappa shape index (κ2) is 4.33. The summed E-state index contributed by atoms with van der Waals surface area (Å²) in [7, 11) is 2.02. The van der Waals surface area contributed by atoms with E-state index in [0.717, 1.165) is 6.42 Å². The minimum atomic E-state index is 0.555. The van der Waals surface area contributed by atoms with Gasteiger partial charge in [0.15, 0.2) is 0 Å². The molecule has 1 unspecified atom stereocenters. The van der Waals surface area contributed by atoms with Crippen LogP contribution in [0.4, 0.5) is 0 Å². The highest BCUT2D eigenvalue weighted by molar-refractivity contribution is 7.19. The lowest BCUT2D eigenvalue weighted by Crippen LogP contribution is -2.22. The summed E-state index contributed by atoms with van der Waals surface area (Å²) in [5.74, 6) is 0. The summed E-state index contributed by atoms with van der Waals surface area (Å²) in [6, 6.07) is 9.54. The number of hydrogen-bond donors (Lipinski definition) is 1. The van der Waals surface area contributed by atoms with Crippen molar-refractivity contribution in [3.05, 3.63) is 34.7 Å². The van der Waals surface area contributed by atoms with Gasteiger partial charge >= 0.3 is 0 Å². The zero-order valence-corrected chi connectivity index (χ0v) is 10.3. The third kappa shape index (κ3) is 2.39. The van der Waals surface area contributed by atoms with E-state index in [-0.39, 0.29) is 0 Å². The first-order valence-electron chi connectivity index (χ1n) is 5.35. The summed E-state index contributed by atoms with van der Waals surface area (Å²) < 4.78 is 1.41. The average molecular weight is 219 g/mol. The predicted molar refractivity (Wildman–Crippen MR) is 68.8 cm³/mol. The normalized spacial score (nSPS) is 13.3. The monoisotopic (exact) mass is 219 g/mol. The molecule has 1 heterocycles. The Hall–Kier alpha value is -0.860. The van der Waals surface area contributed by atoms with Gasteiger partial charge in [-0.3, -0.25) is 0 Å². The van der Waals surface area contributed by atoms with Crippen molar-refractivity contribution < 1.29 is 0 Å². The first-order valence-corrected chi connectivity index (χ1v) is 6.17. The van der Waals surface area contributed by atoms with Crippen molar-refractivity contribution in [1.82, 2.24) is 5.32 Å². The van der Waals surface area contributed by atoms with Crippen molar-refractivity contribution in [1.29, 1.82) is 0 Å². The summed E-state index contributed by atoms with van der Waals surface area (Å²) in [5.41, 5.74) is 1.34. The largest absolute Gasteiger partial charge is 0.317 e. The van der Waals surface area contributed by atoms with Crippen molar-refractivity contribution >= 4 is 21.4 Å². The van der Waals surface area contributed by atoms with Crippen LogP contribution in [0.1, 0.15) is 17.4 Å². The SMILES string of the molecule is CNC(C)Cc1cc2ccc(C)cc2s1. The minimum absolute atomic E-state index is 0.555. The fraction of sp³-hybridized carbons (Fsp3) is 0.385. The number of likely N-dealkylation sites (N-methyl/N-ethyl adjacent to an activating group) is 1. The molecule has 1 N–H and O–H groups in total. The zero-order valence-electron chi connectivity index (χ0n) is 9.50. The molecule has 0 amide bonds. The predicted octanol–water partition coefficient (Wildman–Crippen LogP) is 3.36. The van der Waals surface area contributed by atoms with Crippen molar-refractivity contribution in [2.75, 3.05) is 7.05 Å². The Morgan fingerprint density at radius 1 is 1.33 bits per heavy atom. The molecule has 0 aliphatic carbocycles. The van der Waals surface area contributed by atoms with Crippen LogP contribution in [-0.2, 0) is 6.42 Å². The molecule has 1 nitrogen and oxygen atoms in total. The Morgan fingerprint density at radius 2 is 2.13 bits per heavy atom. The van der Waals surface area contributed by atoms with Crippen molar-refractivity contribution in [3.8, 4) is 0 Å². The topological polar surface area (TPSA) is 12.0 Å². The van der Waals surface area contributed by atoms with Gasteiger partial charge in [-0.2, -0.15) is 0 Å². The highest BCUT2D eigenvalue weighted by Crippen LogP contribution is 2.27. The standard InChI is InChI=1S/C13H17NS/c1-9-4-5-11-8-12(7-10(2)14-3)15-13(11)6-9/h4-6,8,10,14H,7H2,1-3H3. The summed E-state index contributed by atoms with van der Waals surface area (Å²) in [6.45, 7) is 4.37. The highest BCUT2D eigenvalue weighted by atomic mass is 32.1. The molecular formula is C13H17NS. The number of rotatable bonds is 3. The minimum Gasteiger partial charge on any atom is -0.317 e. The second-order valence-electron chi connectivity index (χ2n) is 4.15. The molecule has 0 aliphatic rings. The maximum atomic E-state index is 3.28. The van der Waals surface area contributed by atoms with E-state index in [4.69, 9.17) is 0 Å². The van der Waals surface area contributed by atoms with Gasteiger partial charge in [0.05, 0.1) is 0 Å². The Balaban J connectivity index is 2.30. The van der Waals surface area contributed by atoms with E-state index in [1.54, 1.807) is 0 Å². The number of fused-ring (bicyclic) bond motifs is 1. The molecule has 2 rings (SSSR count). The van der Waals surface area contributed by atoms with E-state index in [1.807, 2.05) is 18.4 Å². The lowest BCUT2D eigenvalue weighted by Gasteiger charge is -2.06. The Kier molecular flexibility index (Phi) is 3.08. The lowest BCUT2D eigenvalue weighted by atomic mass is 10.1. The van der Waals surface area contributed by atoms with Gasteiger partial charge in [-0.1, -0.05) is 12.1 Å². The smallest absolute Gasteiger partial charge is 0.0348 e. The first kappa shape index (κ1) is 10.7. The van der Waals surface area contributed by atoms with Crippen LogP contribution in [0, 0.1) is 6.92 Å². The van der Waals surface area contributed by atoms with Crippen LogP contribution in [-0.4, -0.2) is 13.1 Å². The van der Waals surface area contributed by atoms with Crippen LogP contribution in [0.3, 0.4) is 0 Å². The van der Waals surface area contributed by atoms with Crippen LogP contribution in [0.15, 0.2) is 24.3 Å².